The van der Waals surface area contributed by atoms with E-state index >= 15 is 0 Å². The van der Waals surface area contributed by atoms with Crippen molar-refractivity contribution in [2.75, 3.05) is 5.32 Å². The first-order valence-corrected chi connectivity index (χ1v) is 5.85. The zero-order valence-electron chi connectivity index (χ0n) is 10.6. The fourth-order valence-corrected chi connectivity index (χ4v) is 1.73. The van der Waals surface area contributed by atoms with E-state index in [4.69, 9.17) is 0 Å². The molecule has 7 nitrogen and oxygen atoms in total. The van der Waals surface area contributed by atoms with Gasteiger partial charge in [0, 0.05) is 28.9 Å². The van der Waals surface area contributed by atoms with Gasteiger partial charge in [-0.25, -0.2) is 0 Å². The topological polar surface area (TPSA) is 112 Å². The molecule has 106 valence electrons. The highest BCUT2D eigenvalue weighted by Crippen LogP contribution is 2.19. The first kappa shape index (κ1) is 14.2. The molecule has 0 aromatic heterocycles. The van der Waals surface area contributed by atoms with E-state index in [0.717, 1.165) is 18.2 Å². The van der Waals surface area contributed by atoms with E-state index in [9.17, 15) is 24.8 Å². The van der Waals surface area contributed by atoms with E-state index in [0.29, 0.717) is 5.69 Å². The third-order valence-electron chi connectivity index (χ3n) is 2.71. The first-order valence-electron chi connectivity index (χ1n) is 5.85. The van der Waals surface area contributed by atoms with Crippen LogP contribution in [0.15, 0.2) is 48.5 Å². The number of benzene rings is 2. The van der Waals surface area contributed by atoms with Crippen molar-refractivity contribution < 1.29 is 19.6 Å². The number of amides is 1. The van der Waals surface area contributed by atoms with Gasteiger partial charge in [0.05, 0.1) is 10.9 Å². The van der Waals surface area contributed by atoms with Crippen LogP contribution in [0.2, 0.25) is 0 Å². The maximum Gasteiger partial charge on any atom is 0.270 e. The molecular weight excluding hydrogens is 276 g/mol. The molecule has 21 heavy (non-hydrogen) atoms. The fraction of sp³-hybridized carbons (Fsp3) is 0. The van der Waals surface area contributed by atoms with Crippen molar-refractivity contribution in [1.82, 2.24) is 0 Å². The quantitative estimate of drug-likeness (QED) is 0.670. The van der Waals surface area contributed by atoms with Crippen LogP contribution in [0.25, 0.3) is 0 Å². The van der Waals surface area contributed by atoms with Crippen LogP contribution in [0.4, 0.5) is 11.4 Å². The Bertz CT molecular complexity index is 713. The summed E-state index contributed by atoms with van der Waals surface area (Å²) in [6.45, 7) is 0. The number of hydrogen-bond acceptors (Lipinski definition) is 5. The number of hydrogen-bond donors (Lipinski definition) is 1. The Hall–Kier alpha value is -3.22. The SMILES string of the molecule is O=C([O-])c1cc([N+](=O)[O-])ccc1C(=O)Nc1ccccc1. The second kappa shape index (κ2) is 5.83. The third-order valence-corrected chi connectivity index (χ3v) is 2.71. The number of rotatable bonds is 4. The van der Waals surface area contributed by atoms with Crippen molar-refractivity contribution in [1.29, 1.82) is 0 Å². The van der Waals surface area contributed by atoms with Gasteiger partial charge in [-0.2, -0.15) is 0 Å². The molecule has 0 radical (unpaired) electrons. The van der Waals surface area contributed by atoms with Crippen LogP contribution in [0.3, 0.4) is 0 Å². The standard InChI is InChI=1S/C14H10N2O5/c17-13(15-9-4-2-1-3-5-9)11-7-6-10(16(20)21)8-12(11)14(18)19/h1-8H,(H,15,17)(H,18,19)/p-1. The highest BCUT2D eigenvalue weighted by Gasteiger charge is 2.16. The summed E-state index contributed by atoms with van der Waals surface area (Å²) < 4.78 is 0. The number of nitro benzene ring substituents is 1. The molecule has 2 aromatic rings. The Morgan fingerprint density at radius 1 is 1.00 bits per heavy atom. The van der Waals surface area contributed by atoms with Gasteiger partial charge in [-0.05, 0) is 18.2 Å². The largest absolute Gasteiger partial charge is 0.545 e. The zero-order chi connectivity index (χ0) is 15.4. The molecule has 0 fully saturated rings. The minimum atomic E-state index is -1.66. The number of non-ortho nitro benzene ring substituents is 1. The number of anilines is 1. The summed E-state index contributed by atoms with van der Waals surface area (Å²) >= 11 is 0. The number of carboxylic acids is 1. The van der Waals surface area contributed by atoms with Crippen molar-refractivity contribution in [2.45, 2.75) is 0 Å². The lowest BCUT2D eigenvalue weighted by Gasteiger charge is -2.10. The molecule has 0 spiro atoms. The summed E-state index contributed by atoms with van der Waals surface area (Å²) in [6, 6.07) is 11.4. The molecule has 0 heterocycles. The van der Waals surface area contributed by atoms with Crippen LogP contribution in [0.5, 0.6) is 0 Å². The van der Waals surface area contributed by atoms with E-state index in [1.165, 1.54) is 0 Å². The number of nitro groups is 1. The summed E-state index contributed by atoms with van der Waals surface area (Å²) in [5.41, 5.74) is -0.683. The fourth-order valence-electron chi connectivity index (χ4n) is 1.73. The molecule has 0 unspecified atom stereocenters. The lowest BCUT2D eigenvalue weighted by molar-refractivity contribution is -0.385. The zero-order valence-corrected chi connectivity index (χ0v) is 10.6. The van der Waals surface area contributed by atoms with Gasteiger partial charge in [0.1, 0.15) is 0 Å². The van der Waals surface area contributed by atoms with Crippen LogP contribution < -0.4 is 10.4 Å². The third kappa shape index (κ3) is 3.21. The Morgan fingerprint density at radius 3 is 2.24 bits per heavy atom. The van der Waals surface area contributed by atoms with E-state index in [1.54, 1.807) is 30.3 Å². The van der Waals surface area contributed by atoms with Crippen molar-refractivity contribution >= 4 is 23.3 Å². The average Bonchev–Trinajstić information content (AvgIpc) is 2.47. The molecule has 1 N–H and O–H groups in total. The first-order chi connectivity index (χ1) is 9.99. The molecule has 0 aliphatic rings. The number of carbonyl (C=O) groups is 2. The van der Waals surface area contributed by atoms with Crippen LogP contribution in [-0.2, 0) is 0 Å². The van der Waals surface area contributed by atoms with E-state index in [-0.39, 0.29) is 5.56 Å². The second-order valence-corrected chi connectivity index (χ2v) is 4.09. The molecule has 0 aliphatic heterocycles. The van der Waals surface area contributed by atoms with Crippen LogP contribution >= 0.6 is 0 Å². The summed E-state index contributed by atoms with van der Waals surface area (Å²) in [4.78, 5) is 33.0. The molecule has 0 saturated heterocycles. The minimum absolute atomic E-state index is 0.204. The maximum absolute atomic E-state index is 12.0. The molecule has 7 heteroatoms. The molecular formula is C14H9N2O5-. The van der Waals surface area contributed by atoms with Crippen molar-refractivity contribution in [3.63, 3.8) is 0 Å². The summed E-state index contributed by atoms with van der Waals surface area (Å²) in [7, 11) is 0. The summed E-state index contributed by atoms with van der Waals surface area (Å²) in [5, 5.41) is 24.2. The van der Waals surface area contributed by atoms with Gasteiger partial charge in [0.2, 0.25) is 0 Å². The Kier molecular flexibility index (Phi) is 3.94. The number of carbonyl (C=O) groups excluding carboxylic acids is 2. The van der Waals surface area contributed by atoms with Crippen LogP contribution in [0.1, 0.15) is 20.7 Å². The monoisotopic (exact) mass is 285 g/mol. The Morgan fingerprint density at radius 2 is 1.67 bits per heavy atom. The van der Waals surface area contributed by atoms with Gasteiger partial charge in [-0.15, -0.1) is 0 Å². The number of nitrogens with one attached hydrogen (secondary N) is 1. The summed E-state index contributed by atoms with van der Waals surface area (Å²) in [6.07, 6.45) is 0. The highest BCUT2D eigenvalue weighted by atomic mass is 16.6. The van der Waals surface area contributed by atoms with Gasteiger partial charge in [0.25, 0.3) is 11.6 Å². The smallest absolute Gasteiger partial charge is 0.270 e. The van der Waals surface area contributed by atoms with Gasteiger partial charge < -0.3 is 15.2 Å². The van der Waals surface area contributed by atoms with Gasteiger partial charge >= 0.3 is 0 Å². The highest BCUT2D eigenvalue weighted by molar-refractivity contribution is 6.10. The number of para-hydroxylation sites is 1. The summed E-state index contributed by atoms with van der Waals surface area (Å²) in [5.74, 6) is -2.34. The molecule has 0 bridgehead atoms. The van der Waals surface area contributed by atoms with Gasteiger partial charge in [-0.1, -0.05) is 18.2 Å². The van der Waals surface area contributed by atoms with Crippen LogP contribution in [0, 0.1) is 10.1 Å². The van der Waals surface area contributed by atoms with Crippen molar-refractivity contribution in [2.24, 2.45) is 0 Å². The van der Waals surface area contributed by atoms with E-state index in [1.807, 2.05) is 0 Å². The maximum atomic E-state index is 12.0. The van der Waals surface area contributed by atoms with Crippen molar-refractivity contribution in [3.8, 4) is 0 Å². The predicted octanol–water partition coefficient (Wildman–Crippen LogP) is 1.21. The number of aromatic carboxylic acids is 1. The van der Waals surface area contributed by atoms with E-state index < -0.39 is 28.1 Å². The van der Waals surface area contributed by atoms with E-state index in [2.05, 4.69) is 5.32 Å². The Labute approximate surface area is 119 Å². The molecule has 2 aromatic carbocycles. The molecule has 0 atom stereocenters. The van der Waals surface area contributed by atoms with Crippen LogP contribution in [-0.4, -0.2) is 16.8 Å². The van der Waals surface area contributed by atoms with Crippen molar-refractivity contribution in [3.05, 3.63) is 69.8 Å². The van der Waals surface area contributed by atoms with Gasteiger partial charge in [0.15, 0.2) is 0 Å². The normalized spacial score (nSPS) is 9.90. The van der Waals surface area contributed by atoms with Gasteiger partial charge in [-0.3, -0.25) is 14.9 Å². The molecule has 2 rings (SSSR count). The number of carboxylic acid groups (broad SMARTS) is 1. The Balaban J connectivity index is 2.36. The lowest BCUT2D eigenvalue weighted by atomic mass is 10.1. The molecule has 1 amide bonds. The minimum Gasteiger partial charge on any atom is -0.545 e. The second-order valence-electron chi connectivity index (χ2n) is 4.09. The lowest BCUT2D eigenvalue weighted by Crippen LogP contribution is -2.26. The average molecular weight is 285 g/mol. The number of nitrogens with zero attached hydrogens (tertiary/aromatic N) is 1. The molecule has 0 saturated carbocycles. The molecule has 0 aliphatic carbocycles. The predicted molar refractivity (Wildman–Crippen MR) is 71.8 cm³/mol.